The minimum atomic E-state index is -0.706. The second-order valence-electron chi connectivity index (χ2n) is 4.48. The summed E-state index contributed by atoms with van der Waals surface area (Å²) in [6.45, 7) is -0.544. The molecule has 2 N–H and O–H groups in total. The number of nitrogens with one attached hydrogen (secondary N) is 2. The quantitative estimate of drug-likeness (QED) is 0.489. The normalized spacial score (nSPS) is 10.4. The van der Waals surface area contributed by atoms with Gasteiger partial charge in [-0.3, -0.25) is 20.4 Å². The second kappa shape index (κ2) is 8.54. The summed E-state index contributed by atoms with van der Waals surface area (Å²) >= 11 is 5.82. The number of rotatable bonds is 5. The van der Waals surface area contributed by atoms with Crippen molar-refractivity contribution in [3.63, 3.8) is 0 Å². The number of carbonyl (C=O) groups is 3. The van der Waals surface area contributed by atoms with E-state index in [0.717, 1.165) is 5.56 Å². The van der Waals surface area contributed by atoms with Gasteiger partial charge in [-0.25, -0.2) is 4.79 Å². The van der Waals surface area contributed by atoms with E-state index >= 15 is 0 Å². The van der Waals surface area contributed by atoms with Gasteiger partial charge in [0, 0.05) is 11.1 Å². The molecule has 7 nitrogen and oxygen atoms in total. The van der Waals surface area contributed by atoms with E-state index in [4.69, 9.17) is 20.8 Å². The van der Waals surface area contributed by atoms with E-state index < -0.39 is 24.4 Å². The molecule has 0 radical (unpaired) electrons. The first kappa shape index (κ1) is 17.3. The summed E-state index contributed by atoms with van der Waals surface area (Å²) in [4.78, 5) is 34.5. The molecule has 0 bridgehead atoms. The van der Waals surface area contributed by atoms with Crippen LogP contribution in [0.15, 0.2) is 53.2 Å². The van der Waals surface area contributed by atoms with E-state index in [0.29, 0.717) is 5.02 Å². The Morgan fingerprint density at radius 1 is 1.17 bits per heavy atom. The lowest BCUT2D eigenvalue weighted by molar-refractivity contribution is -0.144. The third-order valence-electron chi connectivity index (χ3n) is 2.67. The third-order valence-corrected chi connectivity index (χ3v) is 2.90. The van der Waals surface area contributed by atoms with Crippen LogP contribution in [0.1, 0.15) is 16.1 Å². The Hall–Kier alpha value is -3.06. The molecule has 0 unspecified atom stereocenters. The van der Waals surface area contributed by atoms with Crippen LogP contribution in [0.4, 0.5) is 0 Å². The third kappa shape index (κ3) is 5.62. The summed E-state index contributed by atoms with van der Waals surface area (Å²) in [5, 5.41) is 0.539. The van der Waals surface area contributed by atoms with Gasteiger partial charge in [-0.1, -0.05) is 23.7 Å². The van der Waals surface area contributed by atoms with Gasteiger partial charge >= 0.3 is 11.9 Å². The highest BCUT2D eigenvalue weighted by Crippen LogP contribution is 2.11. The lowest BCUT2D eigenvalue weighted by atomic mass is 10.2. The number of hydrogen-bond donors (Lipinski definition) is 2. The van der Waals surface area contributed by atoms with E-state index in [-0.39, 0.29) is 5.76 Å². The molecule has 0 fully saturated rings. The van der Waals surface area contributed by atoms with Gasteiger partial charge in [-0.15, -0.1) is 0 Å². The maximum atomic E-state index is 11.5. The summed E-state index contributed by atoms with van der Waals surface area (Å²) in [5.41, 5.74) is 4.92. The molecule has 2 rings (SSSR count). The van der Waals surface area contributed by atoms with E-state index in [1.165, 1.54) is 30.5 Å². The van der Waals surface area contributed by atoms with Crippen LogP contribution in [0.25, 0.3) is 6.08 Å². The number of halogens is 1. The molecule has 1 aromatic heterocycles. The van der Waals surface area contributed by atoms with Crippen LogP contribution >= 0.6 is 11.6 Å². The Bertz CT molecular complexity index is 756. The maximum absolute atomic E-state index is 11.5. The number of esters is 1. The van der Waals surface area contributed by atoms with Crippen LogP contribution < -0.4 is 10.9 Å². The van der Waals surface area contributed by atoms with E-state index in [2.05, 4.69) is 10.9 Å². The van der Waals surface area contributed by atoms with Gasteiger partial charge in [0.15, 0.2) is 12.4 Å². The standard InChI is InChI=1S/C16H13ClN2O5/c17-12-4-1-3-11(9-12)6-7-15(21)24-10-14(20)18-19-16(22)13-5-2-8-23-13/h1-9H,10H2,(H,18,20)(H,19,22)/b7-6+. The number of furan rings is 1. The molecule has 0 aliphatic heterocycles. The van der Waals surface area contributed by atoms with Gasteiger partial charge < -0.3 is 9.15 Å². The Labute approximate surface area is 142 Å². The first-order valence-corrected chi connectivity index (χ1v) is 7.15. The van der Waals surface area contributed by atoms with E-state index in [1.807, 2.05) is 0 Å². The zero-order chi connectivity index (χ0) is 17.4. The van der Waals surface area contributed by atoms with Gasteiger partial charge in [-0.2, -0.15) is 0 Å². The largest absolute Gasteiger partial charge is 0.459 e. The van der Waals surface area contributed by atoms with Crippen molar-refractivity contribution >= 4 is 35.5 Å². The van der Waals surface area contributed by atoms with Crippen molar-refractivity contribution in [3.8, 4) is 0 Å². The number of hydrogen-bond acceptors (Lipinski definition) is 5. The van der Waals surface area contributed by atoms with Crippen LogP contribution in [0.3, 0.4) is 0 Å². The van der Waals surface area contributed by atoms with Gasteiger partial charge in [0.2, 0.25) is 0 Å². The highest BCUT2D eigenvalue weighted by atomic mass is 35.5. The van der Waals surface area contributed by atoms with E-state index in [9.17, 15) is 14.4 Å². The van der Waals surface area contributed by atoms with Gasteiger partial charge in [0.05, 0.1) is 6.26 Å². The zero-order valence-corrected chi connectivity index (χ0v) is 13.1. The van der Waals surface area contributed by atoms with Crippen molar-refractivity contribution < 1.29 is 23.5 Å². The fraction of sp³-hybridized carbons (Fsp3) is 0.0625. The molecular formula is C16H13ClN2O5. The molecule has 0 saturated heterocycles. The summed E-state index contributed by atoms with van der Waals surface area (Å²) in [6.07, 6.45) is 4.00. The molecule has 0 spiro atoms. The van der Waals surface area contributed by atoms with Crippen LogP contribution in [0, 0.1) is 0 Å². The summed E-state index contributed by atoms with van der Waals surface area (Å²) < 4.78 is 9.57. The van der Waals surface area contributed by atoms with Crippen molar-refractivity contribution in [2.75, 3.05) is 6.61 Å². The average Bonchev–Trinajstić information content (AvgIpc) is 3.10. The summed E-state index contributed by atoms with van der Waals surface area (Å²) in [5.74, 6) is -1.99. The van der Waals surface area contributed by atoms with Crippen molar-refractivity contribution in [3.05, 3.63) is 65.1 Å². The molecular weight excluding hydrogens is 336 g/mol. The minimum Gasteiger partial charge on any atom is -0.459 e. The molecule has 0 saturated carbocycles. The van der Waals surface area contributed by atoms with Gasteiger partial charge in [-0.05, 0) is 35.9 Å². The monoisotopic (exact) mass is 348 g/mol. The predicted octanol–water partition coefficient (Wildman–Crippen LogP) is 1.95. The van der Waals surface area contributed by atoms with Gasteiger partial charge in [0.1, 0.15) is 0 Å². The predicted molar refractivity (Wildman–Crippen MR) is 85.8 cm³/mol. The zero-order valence-electron chi connectivity index (χ0n) is 12.3. The number of hydrazine groups is 1. The second-order valence-corrected chi connectivity index (χ2v) is 4.91. The van der Waals surface area contributed by atoms with Gasteiger partial charge in [0.25, 0.3) is 5.91 Å². The molecule has 2 amide bonds. The highest BCUT2D eigenvalue weighted by molar-refractivity contribution is 6.30. The van der Waals surface area contributed by atoms with Crippen LogP contribution in [-0.4, -0.2) is 24.4 Å². The SMILES string of the molecule is O=C(COC(=O)/C=C/c1cccc(Cl)c1)NNC(=O)c1ccco1. The summed E-state index contributed by atoms with van der Waals surface area (Å²) in [6, 6.07) is 9.84. The maximum Gasteiger partial charge on any atom is 0.331 e. The molecule has 24 heavy (non-hydrogen) atoms. The Balaban J connectivity index is 1.71. The molecule has 1 aromatic carbocycles. The molecule has 1 heterocycles. The van der Waals surface area contributed by atoms with Crippen LogP contribution in [-0.2, 0) is 14.3 Å². The smallest absolute Gasteiger partial charge is 0.331 e. The fourth-order valence-corrected chi connectivity index (χ4v) is 1.79. The number of amides is 2. The molecule has 0 atom stereocenters. The Morgan fingerprint density at radius 3 is 2.71 bits per heavy atom. The Kier molecular flexibility index (Phi) is 6.16. The van der Waals surface area contributed by atoms with Crippen LogP contribution in [0.5, 0.6) is 0 Å². The topological polar surface area (TPSA) is 97.6 Å². The number of benzene rings is 1. The molecule has 0 aliphatic carbocycles. The van der Waals surface area contributed by atoms with Crippen LogP contribution in [0.2, 0.25) is 5.02 Å². The first-order chi connectivity index (χ1) is 11.5. The number of ether oxygens (including phenoxy) is 1. The molecule has 124 valence electrons. The molecule has 0 aliphatic rings. The average molecular weight is 349 g/mol. The number of carbonyl (C=O) groups excluding carboxylic acids is 3. The molecule has 8 heteroatoms. The first-order valence-electron chi connectivity index (χ1n) is 6.77. The van der Waals surface area contributed by atoms with Crippen molar-refractivity contribution in [1.29, 1.82) is 0 Å². The Morgan fingerprint density at radius 2 is 2.00 bits per heavy atom. The fourth-order valence-electron chi connectivity index (χ4n) is 1.59. The minimum absolute atomic E-state index is 0.0387. The van der Waals surface area contributed by atoms with Crippen molar-refractivity contribution in [1.82, 2.24) is 10.9 Å². The lowest BCUT2D eigenvalue weighted by Crippen LogP contribution is -2.43. The van der Waals surface area contributed by atoms with Crippen molar-refractivity contribution in [2.24, 2.45) is 0 Å². The summed E-state index contributed by atoms with van der Waals surface area (Å²) in [7, 11) is 0. The van der Waals surface area contributed by atoms with Crippen molar-refractivity contribution in [2.45, 2.75) is 0 Å². The molecule has 2 aromatic rings. The lowest BCUT2D eigenvalue weighted by Gasteiger charge is -2.05. The van der Waals surface area contributed by atoms with E-state index in [1.54, 1.807) is 24.3 Å². The highest BCUT2D eigenvalue weighted by Gasteiger charge is 2.10.